The summed E-state index contributed by atoms with van der Waals surface area (Å²) >= 11 is 0. The van der Waals surface area contributed by atoms with Crippen LogP contribution < -0.4 is 15.4 Å². The number of hydrogen-bond acceptors (Lipinski definition) is 6. The molecule has 10 heteroatoms. The highest BCUT2D eigenvalue weighted by Crippen LogP contribution is 2.33. The first-order chi connectivity index (χ1) is 17.2. The molecule has 0 unspecified atom stereocenters. The lowest BCUT2D eigenvalue weighted by molar-refractivity contribution is -0.137. The van der Waals surface area contributed by atoms with E-state index in [1.54, 1.807) is 49.8 Å². The normalized spacial score (nSPS) is 11.1. The molecule has 2 heterocycles. The van der Waals surface area contributed by atoms with Crippen LogP contribution in [0.3, 0.4) is 0 Å². The fourth-order valence-corrected chi connectivity index (χ4v) is 3.49. The highest BCUT2D eigenvalue weighted by atomic mass is 19.4. The molecule has 7 nitrogen and oxygen atoms in total. The monoisotopic (exact) mass is 493 g/mol. The van der Waals surface area contributed by atoms with Crippen LogP contribution in [0.5, 0.6) is 11.6 Å². The second kappa shape index (κ2) is 10.4. The lowest BCUT2D eigenvalue weighted by Crippen LogP contribution is -2.15. The van der Waals surface area contributed by atoms with E-state index in [-0.39, 0.29) is 12.0 Å². The zero-order valence-corrected chi connectivity index (χ0v) is 19.4. The molecule has 4 aromatic rings. The second-order valence-electron chi connectivity index (χ2n) is 7.88. The van der Waals surface area contributed by atoms with Crippen molar-refractivity contribution in [3.63, 3.8) is 0 Å². The second-order valence-corrected chi connectivity index (χ2v) is 7.88. The van der Waals surface area contributed by atoms with Gasteiger partial charge < -0.3 is 15.4 Å². The molecule has 2 aromatic heterocycles. The number of halogens is 3. The Morgan fingerprint density at radius 2 is 1.83 bits per heavy atom. The zero-order chi connectivity index (χ0) is 25.7. The SMILES string of the molecule is CNc1nccc(-c2cccnc2Oc2ccc(NC(=O)Cc3cccc(C(F)(F)F)c3)cc2C)n1. The number of rotatable bonds is 7. The van der Waals surface area contributed by atoms with Crippen molar-refractivity contribution in [3.05, 3.63) is 89.7 Å². The van der Waals surface area contributed by atoms with Crippen LogP contribution in [0.2, 0.25) is 0 Å². The van der Waals surface area contributed by atoms with E-state index in [9.17, 15) is 18.0 Å². The first-order valence-electron chi connectivity index (χ1n) is 10.9. The van der Waals surface area contributed by atoms with Crippen molar-refractivity contribution in [3.8, 4) is 22.9 Å². The molecule has 0 saturated carbocycles. The maximum Gasteiger partial charge on any atom is 0.416 e. The number of nitrogens with zero attached hydrogens (tertiary/aromatic N) is 3. The molecule has 0 spiro atoms. The fraction of sp³-hybridized carbons (Fsp3) is 0.154. The molecule has 0 aliphatic carbocycles. The van der Waals surface area contributed by atoms with Gasteiger partial charge in [0.15, 0.2) is 0 Å². The summed E-state index contributed by atoms with van der Waals surface area (Å²) in [5.41, 5.74) is 2.01. The van der Waals surface area contributed by atoms with Crippen LogP contribution in [0.4, 0.5) is 24.8 Å². The van der Waals surface area contributed by atoms with Crippen LogP contribution >= 0.6 is 0 Å². The average Bonchev–Trinajstić information content (AvgIpc) is 2.85. The van der Waals surface area contributed by atoms with Gasteiger partial charge in [-0.15, -0.1) is 0 Å². The molecule has 0 atom stereocenters. The number of pyridine rings is 1. The highest BCUT2D eigenvalue weighted by Gasteiger charge is 2.30. The number of benzene rings is 2. The number of hydrogen-bond donors (Lipinski definition) is 2. The van der Waals surface area contributed by atoms with Crippen molar-refractivity contribution in [2.75, 3.05) is 17.7 Å². The first-order valence-corrected chi connectivity index (χ1v) is 10.9. The molecule has 1 amide bonds. The predicted molar refractivity (Wildman–Crippen MR) is 130 cm³/mol. The summed E-state index contributed by atoms with van der Waals surface area (Å²) < 4.78 is 44.8. The van der Waals surface area contributed by atoms with E-state index < -0.39 is 17.6 Å². The standard InChI is InChI=1S/C26H22F3N5O2/c1-16-13-19(33-23(35)15-17-5-3-6-18(14-17)26(27,28)29)8-9-22(16)36-24-20(7-4-11-31-24)21-10-12-32-25(30-2)34-21/h3-14H,15H2,1-2H3,(H,33,35)(H,30,32,34). The number of amides is 1. The van der Waals surface area contributed by atoms with E-state index in [2.05, 4.69) is 25.6 Å². The number of aromatic nitrogens is 3. The highest BCUT2D eigenvalue weighted by molar-refractivity contribution is 5.92. The van der Waals surface area contributed by atoms with Crippen LogP contribution in [-0.2, 0) is 17.4 Å². The van der Waals surface area contributed by atoms with Crippen LogP contribution in [0, 0.1) is 6.92 Å². The fourth-order valence-electron chi connectivity index (χ4n) is 3.49. The Labute approximate surface area is 205 Å². The summed E-state index contributed by atoms with van der Waals surface area (Å²) in [5.74, 6) is 0.902. The number of ether oxygens (including phenoxy) is 1. The number of carbonyl (C=O) groups is 1. The van der Waals surface area contributed by atoms with Crippen molar-refractivity contribution in [2.45, 2.75) is 19.5 Å². The van der Waals surface area contributed by atoms with Crippen molar-refractivity contribution < 1.29 is 22.7 Å². The summed E-state index contributed by atoms with van der Waals surface area (Å²) in [6, 6.07) is 15.1. The third kappa shape index (κ3) is 5.96. The van der Waals surface area contributed by atoms with Gasteiger partial charge in [0, 0.05) is 25.1 Å². The molecule has 2 N–H and O–H groups in total. The Morgan fingerprint density at radius 3 is 2.58 bits per heavy atom. The molecule has 0 bridgehead atoms. The van der Waals surface area contributed by atoms with Gasteiger partial charge in [0.05, 0.1) is 23.2 Å². The van der Waals surface area contributed by atoms with Crippen LogP contribution in [0.15, 0.2) is 73.1 Å². The average molecular weight is 493 g/mol. The Bertz CT molecular complexity index is 1390. The van der Waals surface area contributed by atoms with Gasteiger partial charge in [0.25, 0.3) is 0 Å². The van der Waals surface area contributed by atoms with E-state index >= 15 is 0 Å². The van der Waals surface area contributed by atoms with Crippen molar-refractivity contribution >= 4 is 17.5 Å². The molecule has 2 aromatic carbocycles. The summed E-state index contributed by atoms with van der Waals surface area (Å²) in [4.78, 5) is 25.3. The summed E-state index contributed by atoms with van der Waals surface area (Å²) in [7, 11) is 1.73. The minimum absolute atomic E-state index is 0.188. The van der Waals surface area contributed by atoms with E-state index in [0.717, 1.165) is 17.7 Å². The van der Waals surface area contributed by atoms with E-state index in [0.29, 0.717) is 34.5 Å². The minimum atomic E-state index is -4.46. The quantitative estimate of drug-likeness (QED) is 0.334. The molecule has 36 heavy (non-hydrogen) atoms. The number of nitrogens with one attached hydrogen (secondary N) is 2. The molecule has 0 saturated heterocycles. The largest absolute Gasteiger partial charge is 0.438 e. The lowest BCUT2D eigenvalue weighted by Gasteiger charge is -2.13. The van der Waals surface area contributed by atoms with Crippen LogP contribution in [0.25, 0.3) is 11.3 Å². The van der Waals surface area contributed by atoms with Crippen molar-refractivity contribution in [1.82, 2.24) is 15.0 Å². The Morgan fingerprint density at radius 1 is 1.00 bits per heavy atom. The molecule has 0 aliphatic rings. The third-order valence-corrected chi connectivity index (χ3v) is 5.21. The van der Waals surface area contributed by atoms with E-state index in [4.69, 9.17) is 4.74 Å². The molecule has 184 valence electrons. The van der Waals surface area contributed by atoms with E-state index in [1.165, 1.54) is 12.1 Å². The van der Waals surface area contributed by atoms with Crippen LogP contribution in [0.1, 0.15) is 16.7 Å². The Hall–Kier alpha value is -4.47. The minimum Gasteiger partial charge on any atom is -0.438 e. The Balaban J connectivity index is 1.47. The molecule has 0 aliphatic heterocycles. The Kier molecular flexibility index (Phi) is 7.14. The lowest BCUT2D eigenvalue weighted by atomic mass is 10.1. The van der Waals surface area contributed by atoms with Gasteiger partial charge in [-0.25, -0.2) is 15.0 Å². The summed E-state index contributed by atoms with van der Waals surface area (Å²) in [6.07, 6.45) is -1.41. The third-order valence-electron chi connectivity index (χ3n) is 5.21. The van der Waals surface area contributed by atoms with Crippen LogP contribution in [-0.4, -0.2) is 27.9 Å². The molecule has 0 radical (unpaired) electrons. The first kappa shape index (κ1) is 24.6. The number of anilines is 2. The number of alkyl halides is 3. The molecular weight excluding hydrogens is 471 g/mol. The summed E-state index contributed by atoms with van der Waals surface area (Å²) in [5, 5.41) is 5.61. The smallest absolute Gasteiger partial charge is 0.416 e. The van der Waals surface area contributed by atoms with E-state index in [1.807, 2.05) is 13.0 Å². The molecule has 4 rings (SSSR count). The predicted octanol–water partition coefficient (Wildman–Crippen LogP) is 5.88. The van der Waals surface area contributed by atoms with Gasteiger partial charge in [0.1, 0.15) is 5.75 Å². The van der Waals surface area contributed by atoms with Crippen molar-refractivity contribution in [1.29, 1.82) is 0 Å². The van der Waals surface area contributed by atoms with Gasteiger partial charge >= 0.3 is 6.18 Å². The van der Waals surface area contributed by atoms with Gasteiger partial charge in [-0.3, -0.25) is 4.79 Å². The number of aryl methyl sites for hydroxylation is 1. The van der Waals surface area contributed by atoms with Gasteiger partial charge in [-0.2, -0.15) is 13.2 Å². The summed E-state index contributed by atoms with van der Waals surface area (Å²) in [6.45, 7) is 1.81. The molecular formula is C26H22F3N5O2. The maximum atomic E-state index is 12.9. The topological polar surface area (TPSA) is 89.0 Å². The van der Waals surface area contributed by atoms with Gasteiger partial charge in [-0.1, -0.05) is 18.2 Å². The molecule has 0 fully saturated rings. The maximum absolute atomic E-state index is 12.9. The number of carbonyl (C=O) groups excluding carboxylic acids is 1. The van der Waals surface area contributed by atoms with Crippen molar-refractivity contribution in [2.24, 2.45) is 0 Å². The van der Waals surface area contributed by atoms with Gasteiger partial charge in [0.2, 0.25) is 17.7 Å². The zero-order valence-electron chi connectivity index (χ0n) is 19.4. The van der Waals surface area contributed by atoms with Gasteiger partial charge in [-0.05, 0) is 60.5 Å².